The van der Waals surface area contributed by atoms with E-state index in [1.165, 1.54) is 4.68 Å². The predicted molar refractivity (Wildman–Crippen MR) is 80.9 cm³/mol. The van der Waals surface area contributed by atoms with Gasteiger partial charge in [0.05, 0.1) is 21.5 Å². The van der Waals surface area contributed by atoms with Gasteiger partial charge < -0.3 is 4.98 Å². The fourth-order valence-electron chi connectivity index (χ4n) is 2.33. The number of aromatic amines is 1. The van der Waals surface area contributed by atoms with Crippen LogP contribution in [0.15, 0.2) is 46.7 Å². The van der Waals surface area contributed by atoms with E-state index in [2.05, 4.69) is 10.1 Å². The van der Waals surface area contributed by atoms with E-state index in [0.717, 1.165) is 27.2 Å². The average Bonchev–Trinajstić information content (AvgIpc) is 3.04. The van der Waals surface area contributed by atoms with Crippen LogP contribution in [0.1, 0.15) is 5.56 Å². The van der Waals surface area contributed by atoms with Gasteiger partial charge in [-0.25, -0.2) is 0 Å². The number of fused-ring (bicyclic) bond motifs is 3. The van der Waals surface area contributed by atoms with Crippen molar-refractivity contribution < 1.29 is 0 Å². The molecule has 20 heavy (non-hydrogen) atoms. The zero-order chi connectivity index (χ0) is 13.7. The third kappa shape index (κ3) is 1.53. The second kappa shape index (κ2) is 4.05. The number of nitrogens with zero attached hydrogens (tertiary/aromatic N) is 2. The molecule has 0 unspecified atom stereocenters. The molecule has 2 aromatic rings. The normalized spacial score (nSPS) is 11.4. The summed E-state index contributed by atoms with van der Waals surface area (Å²) in [5.41, 5.74) is 4.26. The summed E-state index contributed by atoms with van der Waals surface area (Å²) in [4.78, 5) is 15.6. The SMILES string of the molecule is Cc1ccc(-n2nc3c4sccc4[nH]cc-3c2=O)cc1. The highest BCUT2D eigenvalue weighted by Gasteiger charge is 2.19. The smallest absolute Gasteiger partial charge is 0.282 e. The van der Waals surface area contributed by atoms with Crippen molar-refractivity contribution in [3.8, 4) is 16.9 Å². The number of pyridine rings is 1. The highest BCUT2D eigenvalue weighted by atomic mass is 32.1. The first-order chi connectivity index (χ1) is 9.74. The van der Waals surface area contributed by atoms with Crippen molar-refractivity contribution in [2.75, 3.05) is 0 Å². The number of rotatable bonds is 1. The third-order valence-corrected chi connectivity index (χ3v) is 4.33. The van der Waals surface area contributed by atoms with E-state index in [-0.39, 0.29) is 5.56 Å². The Bertz CT molecular complexity index is 930. The van der Waals surface area contributed by atoms with Crippen molar-refractivity contribution in [1.29, 1.82) is 0 Å². The van der Waals surface area contributed by atoms with Crippen molar-refractivity contribution in [3.63, 3.8) is 0 Å². The molecule has 0 fully saturated rings. The fourth-order valence-corrected chi connectivity index (χ4v) is 3.19. The molecule has 0 spiro atoms. The van der Waals surface area contributed by atoms with Gasteiger partial charge in [0.2, 0.25) is 0 Å². The molecule has 3 heterocycles. The lowest BCUT2D eigenvalue weighted by Gasteiger charge is -1.99. The Hall–Kier alpha value is -2.40. The molecule has 4 rings (SSSR count). The molecule has 5 heteroatoms. The summed E-state index contributed by atoms with van der Waals surface area (Å²) in [6.45, 7) is 2.02. The van der Waals surface area contributed by atoms with Crippen LogP contribution in [0, 0.1) is 6.92 Å². The molecule has 98 valence electrons. The van der Waals surface area contributed by atoms with Crippen LogP contribution in [0.3, 0.4) is 0 Å². The Morgan fingerprint density at radius 2 is 2.00 bits per heavy atom. The lowest BCUT2D eigenvalue weighted by Crippen LogP contribution is -2.14. The standard InChI is InChI=1S/C15H11N3OS/c1-9-2-4-10(5-3-9)18-15(19)11-8-16-12-6-7-20-14(12)13(11)17-18/h2-8,16H,1H3. The molecule has 2 aliphatic heterocycles. The van der Waals surface area contributed by atoms with Gasteiger partial charge in [-0.2, -0.15) is 9.78 Å². The van der Waals surface area contributed by atoms with Crippen molar-refractivity contribution in [3.05, 3.63) is 57.8 Å². The van der Waals surface area contributed by atoms with Gasteiger partial charge in [0.15, 0.2) is 0 Å². The molecule has 4 nitrogen and oxygen atoms in total. The summed E-state index contributed by atoms with van der Waals surface area (Å²) >= 11 is 1.59. The fraction of sp³-hybridized carbons (Fsp3) is 0.0667. The molecule has 0 saturated carbocycles. The van der Waals surface area contributed by atoms with Crippen molar-refractivity contribution >= 4 is 21.6 Å². The Labute approximate surface area is 118 Å². The van der Waals surface area contributed by atoms with Crippen LogP contribution in [-0.2, 0) is 0 Å². The van der Waals surface area contributed by atoms with E-state index in [0.29, 0.717) is 5.56 Å². The molecule has 2 aliphatic rings. The lowest BCUT2D eigenvalue weighted by molar-refractivity contribution is 0.859. The van der Waals surface area contributed by atoms with Gasteiger partial charge >= 0.3 is 0 Å². The average molecular weight is 281 g/mol. The first-order valence-corrected chi connectivity index (χ1v) is 7.17. The number of aromatic nitrogens is 3. The largest absolute Gasteiger partial charge is 0.360 e. The highest BCUT2D eigenvalue weighted by molar-refractivity contribution is 7.17. The number of thiophene rings is 1. The Kier molecular flexibility index (Phi) is 2.31. The number of H-pyrrole nitrogens is 1. The van der Waals surface area contributed by atoms with Gasteiger partial charge in [0.1, 0.15) is 5.69 Å². The summed E-state index contributed by atoms with van der Waals surface area (Å²) in [7, 11) is 0. The topological polar surface area (TPSA) is 50.7 Å². The molecule has 1 aromatic heterocycles. The Balaban J connectivity index is 2.05. The third-order valence-electron chi connectivity index (χ3n) is 3.41. The molecular formula is C15H11N3OS. The maximum Gasteiger partial charge on any atom is 0.282 e. The first-order valence-electron chi connectivity index (χ1n) is 6.29. The summed E-state index contributed by atoms with van der Waals surface area (Å²) in [6, 6.07) is 9.78. The van der Waals surface area contributed by atoms with Gasteiger partial charge in [-0.3, -0.25) is 4.79 Å². The van der Waals surface area contributed by atoms with Crippen LogP contribution in [0.2, 0.25) is 0 Å². The van der Waals surface area contributed by atoms with E-state index in [1.54, 1.807) is 17.5 Å². The molecule has 0 amide bonds. The minimum absolute atomic E-state index is 0.0876. The van der Waals surface area contributed by atoms with Gasteiger partial charge in [-0.1, -0.05) is 17.7 Å². The molecular weight excluding hydrogens is 270 g/mol. The van der Waals surface area contributed by atoms with Crippen LogP contribution >= 0.6 is 11.3 Å². The van der Waals surface area contributed by atoms with E-state index in [9.17, 15) is 4.79 Å². The summed E-state index contributed by atoms with van der Waals surface area (Å²) in [5, 5.41) is 6.50. The number of hydrogen-bond donors (Lipinski definition) is 1. The quantitative estimate of drug-likeness (QED) is 0.582. The van der Waals surface area contributed by atoms with Crippen LogP contribution in [0.4, 0.5) is 0 Å². The Morgan fingerprint density at radius 1 is 1.20 bits per heavy atom. The van der Waals surface area contributed by atoms with Crippen LogP contribution < -0.4 is 5.56 Å². The zero-order valence-electron chi connectivity index (χ0n) is 10.8. The summed E-state index contributed by atoms with van der Waals surface area (Å²) < 4.78 is 2.49. The number of hydrogen-bond acceptors (Lipinski definition) is 3. The molecule has 0 atom stereocenters. The van der Waals surface area contributed by atoms with Crippen molar-refractivity contribution in [1.82, 2.24) is 14.8 Å². The first kappa shape index (κ1) is 11.4. The molecule has 1 N–H and O–H groups in total. The van der Waals surface area contributed by atoms with Gasteiger partial charge in [0, 0.05) is 6.20 Å². The summed E-state index contributed by atoms with van der Waals surface area (Å²) in [6.07, 6.45) is 1.74. The molecule has 1 aromatic carbocycles. The molecule has 0 saturated heterocycles. The van der Waals surface area contributed by atoms with E-state index in [4.69, 9.17) is 0 Å². The molecule has 0 aliphatic carbocycles. The maximum atomic E-state index is 12.5. The highest BCUT2D eigenvalue weighted by Crippen LogP contribution is 2.29. The molecule has 0 radical (unpaired) electrons. The van der Waals surface area contributed by atoms with Crippen LogP contribution in [0.5, 0.6) is 0 Å². The van der Waals surface area contributed by atoms with E-state index < -0.39 is 0 Å². The second-order valence-corrected chi connectivity index (χ2v) is 5.68. The van der Waals surface area contributed by atoms with Gasteiger partial charge in [-0.15, -0.1) is 11.3 Å². The number of benzene rings is 1. The number of aryl methyl sites for hydroxylation is 1. The second-order valence-electron chi connectivity index (χ2n) is 4.77. The van der Waals surface area contributed by atoms with E-state index >= 15 is 0 Å². The lowest BCUT2D eigenvalue weighted by atomic mass is 10.2. The summed E-state index contributed by atoms with van der Waals surface area (Å²) in [5.74, 6) is 0. The van der Waals surface area contributed by atoms with Gasteiger partial charge in [0.25, 0.3) is 5.56 Å². The van der Waals surface area contributed by atoms with Crippen LogP contribution in [0.25, 0.3) is 27.2 Å². The minimum Gasteiger partial charge on any atom is -0.360 e. The Morgan fingerprint density at radius 3 is 2.80 bits per heavy atom. The predicted octanol–water partition coefficient (Wildman–Crippen LogP) is 3.19. The van der Waals surface area contributed by atoms with Crippen LogP contribution in [-0.4, -0.2) is 14.8 Å². The minimum atomic E-state index is -0.0876. The molecule has 0 bridgehead atoms. The van der Waals surface area contributed by atoms with Gasteiger partial charge in [-0.05, 0) is 30.5 Å². The van der Waals surface area contributed by atoms with E-state index in [1.807, 2.05) is 42.6 Å². The van der Waals surface area contributed by atoms with Crippen molar-refractivity contribution in [2.45, 2.75) is 6.92 Å². The number of nitrogens with one attached hydrogen (secondary N) is 1. The van der Waals surface area contributed by atoms with Crippen molar-refractivity contribution in [2.24, 2.45) is 0 Å². The zero-order valence-corrected chi connectivity index (χ0v) is 11.6. The maximum absolute atomic E-state index is 12.5. The monoisotopic (exact) mass is 281 g/mol.